The molecule has 0 spiro atoms. The molecule has 0 atom stereocenters. The topological polar surface area (TPSA) is 26.3 Å². The second-order valence-electron chi connectivity index (χ2n) is 10.3. The summed E-state index contributed by atoms with van der Waals surface area (Å²) >= 11 is 0. The summed E-state index contributed by atoms with van der Waals surface area (Å²) in [6.45, 7) is 9.06. The second-order valence-corrected chi connectivity index (χ2v) is 10.3. The molecule has 33 heavy (non-hydrogen) atoms. The molecule has 0 aromatic rings. The van der Waals surface area contributed by atoms with Gasteiger partial charge in [-0.25, -0.2) is 4.79 Å². The van der Waals surface area contributed by atoms with Crippen LogP contribution in [0, 0.1) is 0 Å². The number of rotatable bonds is 27. The van der Waals surface area contributed by atoms with Crippen molar-refractivity contribution in [2.45, 2.75) is 174 Å². The summed E-state index contributed by atoms with van der Waals surface area (Å²) in [5, 5.41) is 0. The van der Waals surface area contributed by atoms with Crippen LogP contribution in [0.2, 0.25) is 0 Å². The minimum atomic E-state index is -0.166. The molecular weight excluding hydrogens is 404 g/mol. The lowest BCUT2D eigenvalue weighted by atomic mass is 10.0. The fourth-order valence-corrected chi connectivity index (χ4v) is 4.49. The van der Waals surface area contributed by atoms with Crippen molar-refractivity contribution in [3.8, 4) is 0 Å². The van der Waals surface area contributed by atoms with Gasteiger partial charge in [0.15, 0.2) is 0 Å². The zero-order valence-corrected chi connectivity index (χ0v) is 22.9. The van der Waals surface area contributed by atoms with Crippen molar-refractivity contribution < 1.29 is 9.53 Å². The molecule has 0 fully saturated rings. The molecule has 0 rings (SSSR count). The van der Waals surface area contributed by atoms with Gasteiger partial charge in [-0.2, -0.15) is 0 Å². The molecule has 2 nitrogen and oxygen atoms in total. The maximum Gasteiger partial charge on any atom is 0.333 e. The van der Waals surface area contributed by atoms with Crippen LogP contribution in [-0.4, -0.2) is 12.6 Å². The Balaban J connectivity index is 3.30. The van der Waals surface area contributed by atoms with Crippen molar-refractivity contribution in [2.75, 3.05) is 6.61 Å². The van der Waals surface area contributed by atoms with Gasteiger partial charge in [0.05, 0.1) is 6.61 Å². The molecule has 0 aromatic heterocycles. The Morgan fingerprint density at radius 1 is 0.485 bits per heavy atom. The zero-order chi connectivity index (χ0) is 24.2. The molecule has 0 bridgehead atoms. The van der Waals surface area contributed by atoms with Crippen LogP contribution in [0.25, 0.3) is 0 Å². The predicted molar refractivity (Wildman–Crippen MR) is 147 cm³/mol. The van der Waals surface area contributed by atoms with Crippen molar-refractivity contribution in [3.63, 3.8) is 0 Å². The van der Waals surface area contributed by atoms with Crippen LogP contribution in [0.15, 0.2) is 12.2 Å². The molecule has 0 saturated heterocycles. The lowest BCUT2D eigenvalue weighted by Crippen LogP contribution is -2.08. The van der Waals surface area contributed by atoms with Gasteiger partial charge in [0.25, 0.3) is 0 Å². The fraction of sp³-hybridized carbons (Fsp3) is 0.903. The van der Waals surface area contributed by atoms with Gasteiger partial charge < -0.3 is 4.74 Å². The van der Waals surface area contributed by atoms with Crippen LogP contribution in [0.3, 0.4) is 0 Å². The van der Waals surface area contributed by atoms with E-state index in [0.29, 0.717) is 12.2 Å². The van der Waals surface area contributed by atoms with Crippen LogP contribution < -0.4 is 0 Å². The molecule has 0 amide bonds. The van der Waals surface area contributed by atoms with Gasteiger partial charge in [0.1, 0.15) is 0 Å². The Morgan fingerprint density at radius 3 is 1.15 bits per heavy atom. The minimum absolute atomic E-state index is 0.166. The number of ether oxygens (including phenoxy) is 1. The number of carbonyl (C=O) groups is 1. The summed E-state index contributed by atoms with van der Waals surface area (Å²) in [5.74, 6) is -0.166. The van der Waals surface area contributed by atoms with Crippen molar-refractivity contribution in [1.82, 2.24) is 0 Å². The van der Waals surface area contributed by atoms with E-state index < -0.39 is 0 Å². The van der Waals surface area contributed by atoms with Crippen molar-refractivity contribution in [1.29, 1.82) is 0 Å². The normalized spacial score (nSPS) is 11.1. The molecule has 0 aliphatic carbocycles. The predicted octanol–water partition coefficient (Wildman–Crippen LogP) is 10.9. The first-order chi connectivity index (χ1) is 16.2. The van der Waals surface area contributed by atoms with Crippen LogP contribution >= 0.6 is 0 Å². The number of hydrogen-bond donors (Lipinski definition) is 0. The van der Waals surface area contributed by atoms with Gasteiger partial charge >= 0.3 is 5.97 Å². The Hall–Kier alpha value is -0.790. The Labute approximate surface area is 208 Å². The van der Waals surface area contributed by atoms with Crippen molar-refractivity contribution >= 4 is 5.97 Å². The highest BCUT2D eigenvalue weighted by Gasteiger charge is 2.08. The molecule has 2 heteroatoms. The van der Waals surface area contributed by atoms with E-state index in [-0.39, 0.29) is 5.97 Å². The molecule has 0 unspecified atom stereocenters. The highest BCUT2D eigenvalue weighted by Crippen LogP contribution is 2.15. The van der Waals surface area contributed by atoms with Crippen molar-refractivity contribution in [2.24, 2.45) is 0 Å². The van der Waals surface area contributed by atoms with E-state index in [9.17, 15) is 4.79 Å². The lowest BCUT2D eigenvalue weighted by molar-refractivity contribution is -0.139. The zero-order valence-electron chi connectivity index (χ0n) is 22.9. The van der Waals surface area contributed by atoms with Crippen LogP contribution in [0.4, 0.5) is 0 Å². The van der Waals surface area contributed by atoms with Gasteiger partial charge in [-0.3, -0.25) is 0 Å². The van der Waals surface area contributed by atoms with Gasteiger partial charge in [-0.15, -0.1) is 0 Å². The van der Waals surface area contributed by atoms with Crippen molar-refractivity contribution in [3.05, 3.63) is 12.2 Å². The quantitative estimate of drug-likeness (QED) is 0.0686. The van der Waals surface area contributed by atoms with Crippen LogP contribution in [0.1, 0.15) is 174 Å². The van der Waals surface area contributed by atoms with E-state index >= 15 is 0 Å². The molecule has 0 saturated carbocycles. The molecule has 0 heterocycles. The average molecular weight is 465 g/mol. The van der Waals surface area contributed by atoms with Gasteiger partial charge in [0, 0.05) is 5.57 Å². The van der Waals surface area contributed by atoms with E-state index in [1.807, 2.05) is 0 Å². The second kappa shape index (κ2) is 27.5. The third-order valence-electron chi connectivity index (χ3n) is 6.85. The lowest BCUT2D eigenvalue weighted by Gasteiger charge is -2.07. The first-order valence-corrected chi connectivity index (χ1v) is 15.1. The van der Waals surface area contributed by atoms with E-state index in [1.54, 1.807) is 0 Å². The Kier molecular flexibility index (Phi) is 26.8. The molecule has 0 aliphatic rings. The van der Waals surface area contributed by atoms with Crippen LogP contribution in [0.5, 0.6) is 0 Å². The molecule has 0 radical (unpaired) electrons. The maximum atomic E-state index is 12.1. The largest absolute Gasteiger partial charge is 0.462 e. The Morgan fingerprint density at radius 2 is 0.788 bits per heavy atom. The number of unbranched alkanes of at least 4 members (excludes halogenated alkanes) is 22. The maximum absolute atomic E-state index is 12.1. The third-order valence-corrected chi connectivity index (χ3v) is 6.85. The summed E-state index contributed by atoms with van der Waals surface area (Å²) in [4.78, 5) is 12.1. The highest BCUT2D eigenvalue weighted by atomic mass is 16.5. The third kappa shape index (κ3) is 25.7. The minimum Gasteiger partial charge on any atom is -0.462 e. The summed E-state index contributed by atoms with van der Waals surface area (Å²) in [6, 6.07) is 0. The molecule has 196 valence electrons. The van der Waals surface area contributed by atoms with E-state index in [2.05, 4.69) is 20.4 Å². The molecular formula is C31H60O2. The smallest absolute Gasteiger partial charge is 0.333 e. The SMILES string of the molecule is C=C(CCCCCCCCCCCCCC)C(=O)OCCCCCCCCCCCCCC. The monoisotopic (exact) mass is 464 g/mol. The van der Waals surface area contributed by atoms with E-state index in [4.69, 9.17) is 4.74 Å². The Bertz CT molecular complexity index is 415. The van der Waals surface area contributed by atoms with Gasteiger partial charge in [0.2, 0.25) is 0 Å². The molecule has 0 N–H and O–H groups in total. The van der Waals surface area contributed by atoms with E-state index in [1.165, 1.54) is 141 Å². The van der Waals surface area contributed by atoms with Gasteiger partial charge in [-0.1, -0.05) is 162 Å². The molecule has 0 aliphatic heterocycles. The first kappa shape index (κ1) is 32.2. The number of hydrogen-bond acceptors (Lipinski definition) is 2. The summed E-state index contributed by atoms with van der Waals surface area (Å²) in [6.07, 6.45) is 32.8. The standard InChI is InChI=1S/C31H60O2/c1-4-6-8-10-12-14-16-18-20-22-24-26-28-30(3)31(32)33-29-27-25-23-21-19-17-15-13-11-9-7-5-2/h3-29H2,1-2H3. The molecule has 0 aromatic carbocycles. The number of carbonyl (C=O) groups excluding carboxylic acids is 1. The first-order valence-electron chi connectivity index (χ1n) is 15.1. The average Bonchev–Trinajstić information content (AvgIpc) is 2.82. The fourth-order valence-electron chi connectivity index (χ4n) is 4.49. The summed E-state index contributed by atoms with van der Waals surface area (Å²) < 4.78 is 5.41. The highest BCUT2D eigenvalue weighted by molar-refractivity contribution is 5.87. The number of esters is 1. The van der Waals surface area contributed by atoms with Gasteiger partial charge in [-0.05, 0) is 19.3 Å². The van der Waals surface area contributed by atoms with Crippen LogP contribution in [-0.2, 0) is 9.53 Å². The summed E-state index contributed by atoms with van der Waals surface area (Å²) in [7, 11) is 0. The van der Waals surface area contributed by atoms with E-state index in [0.717, 1.165) is 19.3 Å². The summed E-state index contributed by atoms with van der Waals surface area (Å²) in [5.41, 5.74) is 0.668.